The van der Waals surface area contributed by atoms with E-state index in [0.29, 0.717) is 5.75 Å². The lowest BCUT2D eigenvalue weighted by Gasteiger charge is -2.31. The number of hydrogen-bond acceptors (Lipinski definition) is 8. The summed E-state index contributed by atoms with van der Waals surface area (Å²) in [5.41, 5.74) is 6.01. The maximum Gasteiger partial charge on any atom is 0.459 e. The van der Waals surface area contributed by atoms with E-state index in [1.54, 1.807) is 30.3 Å². The maximum absolute atomic E-state index is 13.5. The molecule has 4 rings (SSSR count). The molecule has 1 aliphatic heterocycles. The van der Waals surface area contributed by atoms with E-state index in [4.69, 9.17) is 19.3 Å². The molecule has 13 nitrogen and oxygen atoms in total. The van der Waals surface area contributed by atoms with E-state index in [1.165, 1.54) is 13.1 Å². The number of azide groups is 1. The van der Waals surface area contributed by atoms with E-state index in [0.717, 1.165) is 29.9 Å². The van der Waals surface area contributed by atoms with E-state index in [9.17, 15) is 19.3 Å². The second-order valence-corrected chi connectivity index (χ2v) is 10.1. The molecule has 2 fully saturated rings. The van der Waals surface area contributed by atoms with Gasteiger partial charge in [0.05, 0.1) is 12.7 Å². The molecule has 1 aromatic carbocycles. The van der Waals surface area contributed by atoms with E-state index >= 15 is 0 Å². The summed E-state index contributed by atoms with van der Waals surface area (Å²) in [6.45, 7) is 1.02. The number of rotatable bonds is 9. The summed E-state index contributed by atoms with van der Waals surface area (Å²) >= 11 is 0. The van der Waals surface area contributed by atoms with Crippen molar-refractivity contribution in [3.63, 3.8) is 0 Å². The van der Waals surface area contributed by atoms with Gasteiger partial charge in [0, 0.05) is 23.2 Å². The number of H-pyrrole nitrogens is 1. The molecular weight excluding hydrogens is 467 g/mol. The summed E-state index contributed by atoms with van der Waals surface area (Å²) in [4.78, 5) is 28.6. The standard InChI is InChI=1S/C20H25N6O7P/c1-20(24-25-21)17(28)15(32-18(20)26-11-10-16(27)22-19(26)29)12-31-34(30,23-13-6-5-7-13)33-14-8-3-2-4-9-14/h2-4,8-11,13,15,17-18,28H,5-7,12H2,1H3,(H,23,30)(H,22,27,29)/t15-,17-,18-,20-,34?/m1/s1. The van der Waals surface area contributed by atoms with Gasteiger partial charge in [-0.3, -0.25) is 18.9 Å². The van der Waals surface area contributed by atoms with Gasteiger partial charge >= 0.3 is 13.4 Å². The van der Waals surface area contributed by atoms with Crippen LogP contribution < -0.4 is 20.9 Å². The first kappa shape index (κ1) is 24.2. The van der Waals surface area contributed by atoms with Gasteiger partial charge in [-0.1, -0.05) is 29.7 Å². The van der Waals surface area contributed by atoms with Crippen LogP contribution in [0, 0.1) is 0 Å². The topological polar surface area (TPSA) is 181 Å². The number of ether oxygens (including phenoxy) is 1. The van der Waals surface area contributed by atoms with Crippen molar-refractivity contribution in [3.8, 4) is 5.75 Å². The van der Waals surface area contributed by atoms with Crippen molar-refractivity contribution in [1.82, 2.24) is 14.6 Å². The average Bonchev–Trinajstić information content (AvgIpc) is 3.01. The lowest BCUT2D eigenvalue weighted by molar-refractivity contribution is -0.0457. The molecule has 14 heteroatoms. The number of benzene rings is 1. The smallest absolute Gasteiger partial charge is 0.413 e. The van der Waals surface area contributed by atoms with Gasteiger partial charge in [0.1, 0.15) is 17.4 Å². The van der Waals surface area contributed by atoms with Gasteiger partial charge in [0.15, 0.2) is 6.23 Å². The van der Waals surface area contributed by atoms with Crippen molar-refractivity contribution < 1.29 is 23.5 Å². The molecule has 2 aromatic rings. The monoisotopic (exact) mass is 492 g/mol. The molecule has 1 saturated heterocycles. The lowest BCUT2D eigenvalue weighted by atomic mass is 9.93. The van der Waals surface area contributed by atoms with Gasteiger partial charge in [-0.25, -0.2) is 14.4 Å². The van der Waals surface area contributed by atoms with Crippen LogP contribution >= 0.6 is 7.75 Å². The number of aromatic amines is 1. The second kappa shape index (κ2) is 9.75. The van der Waals surface area contributed by atoms with Crippen molar-refractivity contribution >= 4 is 7.75 Å². The number of hydrogen-bond donors (Lipinski definition) is 3. The minimum atomic E-state index is -3.87. The fourth-order valence-electron chi connectivity index (χ4n) is 3.84. The predicted molar refractivity (Wildman–Crippen MR) is 120 cm³/mol. The van der Waals surface area contributed by atoms with Crippen LogP contribution in [0.1, 0.15) is 32.4 Å². The van der Waals surface area contributed by atoms with Gasteiger partial charge in [0.2, 0.25) is 0 Å². The number of aliphatic hydroxyl groups is 1. The number of para-hydroxylation sites is 1. The Kier molecular flexibility index (Phi) is 6.94. The van der Waals surface area contributed by atoms with Crippen molar-refractivity contribution in [2.24, 2.45) is 5.11 Å². The Labute approximate surface area is 193 Å². The van der Waals surface area contributed by atoms with Crippen molar-refractivity contribution in [2.45, 2.75) is 56.2 Å². The Balaban J connectivity index is 1.56. The van der Waals surface area contributed by atoms with Crippen LogP contribution in [0.3, 0.4) is 0 Å². The molecule has 0 bridgehead atoms. The molecule has 0 spiro atoms. The Morgan fingerprint density at radius 1 is 1.35 bits per heavy atom. The van der Waals surface area contributed by atoms with Crippen LogP contribution in [-0.4, -0.2) is 45.1 Å². The highest BCUT2D eigenvalue weighted by Crippen LogP contribution is 2.48. The summed E-state index contributed by atoms with van der Waals surface area (Å²) < 4.78 is 31.7. The number of aliphatic hydroxyl groups excluding tert-OH is 1. The highest BCUT2D eigenvalue weighted by atomic mass is 31.2. The molecule has 1 saturated carbocycles. The molecule has 2 heterocycles. The van der Waals surface area contributed by atoms with Crippen LogP contribution in [0.2, 0.25) is 0 Å². The molecule has 2 aliphatic rings. The second-order valence-electron chi connectivity index (χ2n) is 8.36. The third kappa shape index (κ3) is 4.95. The molecule has 1 unspecified atom stereocenters. The Bertz CT molecular complexity index is 1230. The molecule has 1 aromatic heterocycles. The zero-order chi connectivity index (χ0) is 24.3. The van der Waals surface area contributed by atoms with Gasteiger partial charge in [-0.2, -0.15) is 0 Å². The fourth-order valence-corrected chi connectivity index (χ4v) is 5.47. The molecule has 0 amide bonds. The highest BCUT2D eigenvalue weighted by Gasteiger charge is 2.54. The van der Waals surface area contributed by atoms with Gasteiger partial charge < -0.3 is 14.4 Å². The predicted octanol–water partition coefficient (Wildman–Crippen LogP) is 2.21. The van der Waals surface area contributed by atoms with Crippen molar-refractivity contribution in [1.29, 1.82) is 0 Å². The zero-order valence-corrected chi connectivity index (χ0v) is 19.2. The molecule has 0 radical (unpaired) electrons. The van der Waals surface area contributed by atoms with Gasteiger partial charge in [-0.15, -0.1) is 0 Å². The van der Waals surface area contributed by atoms with Crippen LogP contribution in [0.15, 0.2) is 57.3 Å². The van der Waals surface area contributed by atoms with Crippen LogP contribution in [-0.2, 0) is 13.8 Å². The van der Waals surface area contributed by atoms with E-state index in [2.05, 4.69) is 20.1 Å². The van der Waals surface area contributed by atoms with Crippen LogP contribution in [0.4, 0.5) is 0 Å². The first-order valence-electron chi connectivity index (χ1n) is 10.7. The minimum Gasteiger partial charge on any atom is -0.413 e. The molecule has 34 heavy (non-hydrogen) atoms. The first-order valence-corrected chi connectivity index (χ1v) is 12.3. The summed E-state index contributed by atoms with van der Waals surface area (Å²) in [5.74, 6) is 0.335. The van der Waals surface area contributed by atoms with Gasteiger partial charge in [0.25, 0.3) is 5.56 Å². The highest BCUT2D eigenvalue weighted by molar-refractivity contribution is 7.52. The number of nitrogens with zero attached hydrogens (tertiary/aromatic N) is 4. The SMILES string of the molecule is C[C@@]1(N=[N+]=[N-])[C@H](O)[C@@H](COP(=O)(NC2CCC2)Oc2ccccc2)O[C@H]1n1ccc(=O)[nH]c1=O. The van der Waals surface area contributed by atoms with Crippen molar-refractivity contribution in [3.05, 3.63) is 73.9 Å². The maximum atomic E-state index is 13.5. The van der Waals surface area contributed by atoms with E-state index < -0.39 is 49.6 Å². The third-order valence-corrected chi connectivity index (χ3v) is 7.56. The quantitative estimate of drug-likeness (QED) is 0.206. The fraction of sp³-hybridized carbons (Fsp3) is 0.500. The largest absolute Gasteiger partial charge is 0.459 e. The molecule has 182 valence electrons. The van der Waals surface area contributed by atoms with E-state index in [1.807, 2.05) is 0 Å². The number of nitrogens with one attached hydrogen (secondary N) is 2. The lowest BCUT2D eigenvalue weighted by Crippen LogP contribution is -2.45. The summed E-state index contributed by atoms with van der Waals surface area (Å²) in [6, 6.07) is 9.57. The van der Waals surface area contributed by atoms with Crippen molar-refractivity contribution in [2.75, 3.05) is 6.61 Å². The molecule has 1 aliphatic carbocycles. The molecule has 3 N–H and O–H groups in total. The summed E-state index contributed by atoms with van der Waals surface area (Å²) in [6.07, 6.45) is -0.00986. The minimum absolute atomic E-state index is 0.0371. The van der Waals surface area contributed by atoms with E-state index in [-0.39, 0.29) is 6.04 Å². The summed E-state index contributed by atoms with van der Waals surface area (Å²) in [5, 5.41) is 17.5. The first-order chi connectivity index (χ1) is 16.2. The molecule has 5 atom stereocenters. The Morgan fingerprint density at radius 3 is 2.71 bits per heavy atom. The third-order valence-electron chi connectivity index (χ3n) is 5.94. The number of aromatic nitrogens is 2. The van der Waals surface area contributed by atoms with Crippen LogP contribution in [0.5, 0.6) is 5.75 Å². The van der Waals surface area contributed by atoms with Crippen LogP contribution in [0.25, 0.3) is 10.4 Å². The molecular formula is C20H25N6O7P. The van der Waals surface area contributed by atoms with Gasteiger partial charge in [-0.05, 0) is 37.4 Å². The Morgan fingerprint density at radius 2 is 2.09 bits per heavy atom. The normalized spacial score (nSPS) is 28.5. The average molecular weight is 492 g/mol. The Hall–Kier alpha value is -2.92. The zero-order valence-electron chi connectivity index (χ0n) is 18.3. The summed E-state index contributed by atoms with van der Waals surface area (Å²) in [7, 11) is -3.87.